The van der Waals surface area contributed by atoms with Crippen LogP contribution in [0.3, 0.4) is 0 Å². The first-order valence-corrected chi connectivity index (χ1v) is 8.79. The Bertz CT molecular complexity index is 431. The third kappa shape index (κ3) is 14.0. The summed E-state index contributed by atoms with van der Waals surface area (Å²) in [6.07, 6.45) is -0.781. The fraction of sp³-hybridized carbons (Fsp3) is 0.824. The second-order valence-corrected chi connectivity index (χ2v) is 5.84. The maximum atomic E-state index is 12.2. The van der Waals surface area contributed by atoms with Crippen LogP contribution in [-0.2, 0) is 33.3 Å². The zero-order valence-corrected chi connectivity index (χ0v) is 16.6. The molecule has 0 rings (SSSR count). The summed E-state index contributed by atoms with van der Waals surface area (Å²) in [7, 11) is 3.08. The summed E-state index contributed by atoms with van der Waals surface area (Å²) in [6, 6.07) is -0.997. The van der Waals surface area contributed by atoms with E-state index in [1.807, 2.05) is 0 Å². The van der Waals surface area contributed by atoms with Crippen LogP contribution in [0, 0.1) is 5.92 Å². The number of carbonyl (C=O) groups excluding carboxylic acids is 3. The molecule has 0 bridgehead atoms. The lowest BCUT2D eigenvalue weighted by atomic mass is 10.1. The maximum Gasteiger partial charge on any atom is 0.407 e. The van der Waals surface area contributed by atoms with Crippen molar-refractivity contribution in [2.75, 3.05) is 67.0 Å². The summed E-state index contributed by atoms with van der Waals surface area (Å²) >= 11 is 0. The van der Waals surface area contributed by atoms with Gasteiger partial charge in [-0.25, -0.2) is 4.79 Å². The monoisotopic (exact) mass is 392 g/mol. The van der Waals surface area contributed by atoms with Crippen LogP contribution >= 0.6 is 0 Å². The quantitative estimate of drug-likeness (QED) is 0.345. The number of Topliss-reactive ketones (excluding diaryl/α,β-unsaturated/α-hetero) is 1. The number of methoxy groups -OCH3 is 2. The second kappa shape index (κ2) is 16.4. The molecular weight excluding hydrogens is 360 g/mol. The lowest BCUT2D eigenvalue weighted by molar-refractivity contribution is -0.128. The molecule has 10 nitrogen and oxygen atoms in total. The van der Waals surface area contributed by atoms with Gasteiger partial charge in [-0.15, -0.1) is 0 Å². The van der Waals surface area contributed by atoms with E-state index in [1.54, 1.807) is 21.0 Å². The van der Waals surface area contributed by atoms with Gasteiger partial charge >= 0.3 is 6.09 Å². The average molecular weight is 392 g/mol. The third-order valence-electron chi connectivity index (χ3n) is 3.30. The molecule has 0 heterocycles. The molecular formula is C17H32N2O8. The summed E-state index contributed by atoms with van der Waals surface area (Å²) in [5, 5.41) is 4.91. The molecule has 0 saturated heterocycles. The number of rotatable bonds is 16. The molecule has 0 aliphatic carbocycles. The van der Waals surface area contributed by atoms with Crippen molar-refractivity contribution in [3.8, 4) is 0 Å². The van der Waals surface area contributed by atoms with E-state index in [4.69, 9.17) is 23.7 Å². The minimum atomic E-state index is -0.997. The number of ether oxygens (including phenoxy) is 5. The molecule has 0 aliphatic heterocycles. The van der Waals surface area contributed by atoms with E-state index in [0.29, 0.717) is 19.8 Å². The van der Waals surface area contributed by atoms with Crippen LogP contribution in [0.2, 0.25) is 0 Å². The Morgan fingerprint density at radius 3 is 2.04 bits per heavy atom. The fourth-order valence-corrected chi connectivity index (χ4v) is 1.65. The predicted molar refractivity (Wildman–Crippen MR) is 96.5 cm³/mol. The molecule has 2 N–H and O–H groups in total. The molecule has 158 valence electrons. The Balaban J connectivity index is 4.36. The van der Waals surface area contributed by atoms with Gasteiger partial charge in [0.25, 0.3) is 0 Å². The Morgan fingerprint density at radius 1 is 0.852 bits per heavy atom. The van der Waals surface area contributed by atoms with Crippen molar-refractivity contribution in [3.63, 3.8) is 0 Å². The molecule has 0 fully saturated rings. The van der Waals surface area contributed by atoms with Gasteiger partial charge in [0.1, 0.15) is 12.6 Å². The zero-order chi connectivity index (χ0) is 20.5. The summed E-state index contributed by atoms with van der Waals surface area (Å²) in [6.45, 7) is 4.97. The normalized spacial score (nSPS) is 11.9. The predicted octanol–water partition coefficient (Wildman–Crippen LogP) is -0.251. The summed E-state index contributed by atoms with van der Waals surface area (Å²) < 4.78 is 25.1. The molecule has 27 heavy (non-hydrogen) atoms. The minimum Gasteiger partial charge on any atom is -0.447 e. The van der Waals surface area contributed by atoms with E-state index in [9.17, 15) is 14.4 Å². The maximum absolute atomic E-state index is 12.2. The number of ketones is 1. The zero-order valence-electron chi connectivity index (χ0n) is 16.6. The van der Waals surface area contributed by atoms with Crippen LogP contribution in [0.4, 0.5) is 4.79 Å². The minimum absolute atomic E-state index is 0.0280. The van der Waals surface area contributed by atoms with E-state index in [1.165, 1.54) is 7.11 Å². The van der Waals surface area contributed by atoms with Gasteiger partial charge in [-0.3, -0.25) is 9.59 Å². The molecule has 10 heteroatoms. The molecule has 0 aliphatic rings. The van der Waals surface area contributed by atoms with E-state index in [0.717, 1.165) is 0 Å². The lowest BCUT2D eigenvalue weighted by Crippen LogP contribution is -2.51. The largest absolute Gasteiger partial charge is 0.447 e. The Hall–Kier alpha value is -1.75. The van der Waals surface area contributed by atoms with Gasteiger partial charge < -0.3 is 34.3 Å². The molecule has 0 aromatic carbocycles. The van der Waals surface area contributed by atoms with Crippen molar-refractivity contribution in [1.82, 2.24) is 10.6 Å². The Labute approximate surface area is 160 Å². The number of amides is 2. The highest BCUT2D eigenvalue weighted by atomic mass is 16.6. The standard InChI is InChI=1S/C17H32N2O8/c1-13(2)15(20)11-18-16(21)14(12-26-8-6-24-4)19-17(22)27-10-9-25-7-5-23-3/h13-14H,5-12H2,1-4H3,(H,18,21)(H,19,22). The fourth-order valence-electron chi connectivity index (χ4n) is 1.65. The molecule has 0 saturated carbocycles. The average Bonchev–Trinajstić information content (AvgIpc) is 2.64. The van der Waals surface area contributed by atoms with Crippen molar-refractivity contribution in [2.24, 2.45) is 5.92 Å². The first-order chi connectivity index (χ1) is 12.9. The van der Waals surface area contributed by atoms with Gasteiger partial charge in [0.15, 0.2) is 5.78 Å². The van der Waals surface area contributed by atoms with Crippen LogP contribution in [-0.4, -0.2) is 90.8 Å². The smallest absolute Gasteiger partial charge is 0.407 e. The van der Waals surface area contributed by atoms with Gasteiger partial charge in [-0.1, -0.05) is 13.8 Å². The highest BCUT2D eigenvalue weighted by Crippen LogP contribution is 1.94. The number of hydrogen-bond donors (Lipinski definition) is 2. The molecule has 0 radical (unpaired) electrons. The van der Waals surface area contributed by atoms with Crippen LogP contribution < -0.4 is 10.6 Å². The van der Waals surface area contributed by atoms with E-state index in [2.05, 4.69) is 10.6 Å². The van der Waals surface area contributed by atoms with E-state index in [-0.39, 0.29) is 44.7 Å². The molecule has 1 atom stereocenters. The summed E-state index contributed by atoms with van der Waals surface area (Å²) in [4.78, 5) is 35.7. The van der Waals surface area contributed by atoms with Gasteiger partial charge in [-0.05, 0) is 0 Å². The Kier molecular flexibility index (Phi) is 15.4. The van der Waals surface area contributed by atoms with E-state index >= 15 is 0 Å². The van der Waals surface area contributed by atoms with Gasteiger partial charge in [0.2, 0.25) is 5.91 Å². The van der Waals surface area contributed by atoms with Crippen LogP contribution in [0.1, 0.15) is 13.8 Å². The van der Waals surface area contributed by atoms with Crippen LogP contribution in [0.5, 0.6) is 0 Å². The van der Waals surface area contributed by atoms with Crippen molar-refractivity contribution in [1.29, 1.82) is 0 Å². The van der Waals surface area contributed by atoms with Crippen molar-refractivity contribution in [3.05, 3.63) is 0 Å². The van der Waals surface area contributed by atoms with Gasteiger partial charge in [-0.2, -0.15) is 0 Å². The molecule has 0 aromatic rings. The molecule has 0 spiro atoms. The number of alkyl carbamates (subject to hydrolysis) is 1. The summed E-state index contributed by atoms with van der Waals surface area (Å²) in [5.74, 6) is -0.842. The summed E-state index contributed by atoms with van der Waals surface area (Å²) in [5.41, 5.74) is 0. The number of nitrogens with one attached hydrogen (secondary N) is 2. The lowest BCUT2D eigenvalue weighted by Gasteiger charge is -2.18. The number of carbonyl (C=O) groups is 3. The number of hydrogen-bond acceptors (Lipinski definition) is 8. The topological polar surface area (TPSA) is 121 Å². The molecule has 0 aromatic heterocycles. The molecule has 2 amide bonds. The first kappa shape index (κ1) is 25.2. The van der Waals surface area contributed by atoms with Crippen LogP contribution in [0.25, 0.3) is 0 Å². The van der Waals surface area contributed by atoms with Crippen molar-refractivity contribution >= 4 is 17.8 Å². The Morgan fingerprint density at radius 2 is 1.44 bits per heavy atom. The second-order valence-electron chi connectivity index (χ2n) is 5.84. The first-order valence-electron chi connectivity index (χ1n) is 8.79. The van der Waals surface area contributed by atoms with Crippen molar-refractivity contribution in [2.45, 2.75) is 19.9 Å². The van der Waals surface area contributed by atoms with Crippen LogP contribution in [0.15, 0.2) is 0 Å². The third-order valence-corrected chi connectivity index (χ3v) is 3.30. The molecule has 1 unspecified atom stereocenters. The highest BCUT2D eigenvalue weighted by molar-refractivity contribution is 5.90. The SMILES string of the molecule is COCCOCCOC(=O)NC(COCCOC)C(=O)NCC(=O)C(C)C. The highest BCUT2D eigenvalue weighted by Gasteiger charge is 2.22. The van der Waals surface area contributed by atoms with Gasteiger partial charge in [0.05, 0.1) is 46.2 Å². The van der Waals surface area contributed by atoms with E-state index < -0.39 is 18.0 Å². The van der Waals surface area contributed by atoms with Gasteiger partial charge in [0, 0.05) is 20.1 Å². The van der Waals surface area contributed by atoms with Crippen molar-refractivity contribution < 1.29 is 38.1 Å².